The van der Waals surface area contributed by atoms with Gasteiger partial charge >= 0.3 is 0 Å². The highest BCUT2D eigenvalue weighted by molar-refractivity contribution is 5.77. The molecule has 4 heteroatoms. The predicted octanol–water partition coefficient (Wildman–Crippen LogP) is 2.08. The van der Waals surface area contributed by atoms with E-state index in [-0.39, 0.29) is 12.5 Å². The Labute approximate surface area is 114 Å². The standard InChI is InChI=1S/C15H21NO3/c1-16(15(17)11-19-10-13-3-4-13)9-12-5-7-14(18-2)8-6-12/h5-8,13H,3-4,9-11H2,1-2H3. The molecule has 0 aromatic heterocycles. The Bertz CT molecular complexity index is 412. The summed E-state index contributed by atoms with van der Waals surface area (Å²) in [5, 5.41) is 0. The highest BCUT2D eigenvalue weighted by Gasteiger charge is 2.21. The zero-order valence-corrected chi connectivity index (χ0v) is 11.6. The number of nitrogens with zero attached hydrogens (tertiary/aromatic N) is 1. The fourth-order valence-corrected chi connectivity index (χ4v) is 1.80. The van der Waals surface area contributed by atoms with Crippen LogP contribution in [0.15, 0.2) is 24.3 Å². The lowest BCUT2D eigenvalue weighted by Gasteiger charge is -2.17. The molecule has 1 fully saturated rings. The minimum atomic E-state index is 0.0245. The summed E-state index contributed by atoms with van der Waals surface area (Å²) in [4.78, 5) is 13.5. The van der Waals surface area contributed by atoms with E-state index in [0.717, 1.165) is 17.9 Å². The number of carbonyl (C=O) groups excluding carboxylic acids is 1. The SMILES string of the molecule is COc1ccc(CN(C)C(=O)COCC2CC2)cc1. The molecule has 0 radical (unpaired) electrons. The quantitative estimate of drug-likeness (QED) is 0.756. The number of methoxy groups -OCH3 is 1. The second-order valence-electron chi connectivity index (χ2n) is 5.06. The largest absolute Gasteiger partial charge is 0.497 e. The number of hydrogen-bond donors (Lipinski definition) is 0. The number of benzene rings is 1. The van der Waals surface area contributed by atoms with Crippen LogP contribution in [0.4, 0.5) is 0 Å². The Morgan fingerprint density at radius 2 is 2.00 bits per heavy atom. The van der Waals surface area contributed by atoms with E-state index in [1.165, 1.54) is 12.8 Å². The molecule has 1 aliphatic carbocycles. The van der Waals surface area contributed by atoms with Crippen molar-refractivity contribution in [3.63, 3.8) is 0 Å². The molecule has 1 amide bonds. The molecule has 19 heavy (non-hydrogen) atoms. The molecule has 4 nitrogen and oxygen atoms in total. The molecule has 0 aliphatic heterocycles. The lowest BCUT2D eigenvalue weighted by Crippen LogP contribution is -2.30. The lowest BCUT2D eigenvalue weighted by molar-refractivity contribution is -0.135. The molecule has 0 atom stereocenters. The van der Waals surface area contributed by atoms with E-state index in [9.17, 15) is 4.79 Å². The molecule has 0 saturated heterocycles. The zero-order chi connectivity index (χ0) is 13.7. The second kappa shape index (κ2) is 6.57. The molecule has 1 aromatic rings. The van der Waals surface area contributed by atoms with Crippen molar-refractivity contribution in [2.24, 2.45) is 5.92 Å². The lowest BCUT2D eigenvalue weighted by atomic mass is 10.2. The molecular weight excluding hydrogens is 242 g/mol. The Morgan fingerprint density at radius 1 is 1.32 bits per heavy atom. The smallest absolute Gasteiger partial charge is 0.248 e. The first kappa shape index (κ1) is 13.9. The molecule has 0 unspecified atom stereocenters. The van der Waals surface area contributed by atoms with Crippen LogP contribution in [-0.2, 0) is 16.1 Å². The Kier molecular flexibility index (Phi) is 4.80. The Hall–Kier alpha value is -1.55. The van der Waals surface area contributed by atoms with Crippen molar-refractivity contribution in [3.8, 4) is 5.75 Å². The van der Waals surface area contributed by atoms with Crippen LogP contribution >= 0.6 is 0 Å². The van der Waals surface area contributed by atoms with Gasteiger partial charge in [0.25, 0.3) is 0 Å². The van der Waals surface area contributed by atoms with E-state index >= 15 is 0 Å². The fourth-order valence-electron chi connectivity index (χ4n) is 1.80. The third-order valence-corrected chi connectivity index (χ3v) is 3.28. The van der Waals surface area contributed by atoms with Gasteiger partial charge in [0.05, 0.1) is 13.7 Å². The van der Waals surface area contributed by atoms with Crippen LogP contribution in [-0.4, -0.2) is 38.2 Å². The molecule has 104 valence electrons. The van der Waals surface area contributed by atoms with Crippen LogP contribution in [0.1, 0.15) is 18.4 Å². The summed E-state index contributed by atoms with van der Waals surface area (Å²) in [6.07, 6.45) is 2.49. The Morgan fingerprint density at radius 3 is 2.58 bits per heavy atom. The maximum absolute atomic E-state index is 11.8. The zero-order valence-electron chi connectivity index (χ0n) is 11.6. The number of likely N-dealkylation sites (N-methyl/N-ethyl adjacent to an activating group) is 1. The molecule has 1 saturated carbocycles. The van der Waals surface area contributed by atoms with Crippen molar-refractivity contribution in [1.82, 2.24) is 4.90 Å². The van der Waals surface area contributed by atoms with Gasteiger partial charge in [-0.15, -0.1) is 0 Å². The minimum Gasteiger partial charge on any atom is -0.497 e. The predicted molar refractivity (Wildman–Crippen MR) is 73.0 cm³/mol. The number of carbonyl (C=O) groups is 1. The molecule has 1 aliphatic rings. The maximum Gasteiger partial charge on any atom is 0.248 e. The van der Waals surface area contributed by atoms with Crippen LogP contribution < -0.4 is 4.74 Å². The summed E-state index contributed by atoms with van der Waals surface area (Å²) < 4.78 is 10.5. The van der Waals surface area contributed by atoms with E-state index in [2.05, 4.69) is 0 Å². The minimum absolute atomic E-state index is 0.0245. The molecule has 0 bridgehead atoms. The third-order valence-electron chi connectivity index (χ3n) is 3.28. The first-order valence-electron chi connectivity index (χ1n) is 6.63. The van der Waals surface area contributed by atoms with Crippen molar-refractivity contribution in [2.75, 3.05) is 27.4 Å². The molecule has 1 aromatic carbocycles. The van der Waals surface area contributed by atoms with E-state index in [4.69, 9.17) is 9.47 Å². The molecule has 0 heterocycles. The highest BCUT2D eigenvalue weighted by atomic mass is 16.5. The van der Waals surface area contributed by atoms with Crippen LogP contribution in [0.25, 0.3) is 0 Å². The monoisotopic (exact) mass is 263 g/mol. The summed E-state index contributed by atoms with van der Waals surface area (Å²) in [5.74, 6) is 1.54. The second-order valence-corrected chi connectivity index (χ2v) is 5.06. The van der Waals surface area contributed by atoms with Gasteiger partial charge in [-0.25, -0.2) is 0 Å². The van der Waals surface area contributed by atoms with Gasteiger partial charge in [-0.2, -0.15) is 0 Å². The van der Waals surface area contributed by atoms with Crippen molar-refractivity contribution in [2.45, 2.75) is 19.4 Å². The summed E-state index contributed by atoms with van der Waals surface area (Å²) in [6.45, 7) is 1.50. The maximum atomic E-state index is 11.8. The molecular formula is C15H21NO3. The first-order chi connectivity index (χ1) is 9.19. The van der Waals surface area contributed by atoms with E-state index in [1.54, 1.807) is 19.1 Å². The molecule has 0 spiro atoms. The van der Waals surface area contributed by atoms with Crippen molar-refractivity contribution < 1.29 is 14.3 Å². The summed E-state index contributed by atoms with van der Waals surface area (Å²) >= 11 is 0. The van der Waals surface area contributed by atoms with E-state index < -0.39 is 0 Å². The van der Waals surface area contributed by atoms with Gasteiger partial charge in [0.2, 0.25) is 5.91 Å². The van der Waals surface area contributed by atoms with Crippen LogP contribution in [0.2, 0.25) is 0 Å². The van der Waals surface area contributed by atoms with Gasteiger partial charge in [0.15, 0.2) is 0 Å². The average molecular weight is 263 g/mol. The van der Waals surface area contributed by atoms with Gasteiger partial charge in [0, 0.05) is 13.6 Å². The van der Waals surface area contributed by atoms with Gasteiger partial charge in [-0.05, 0) is 36.5 Å². The third kappa shape index (κ3) is 4.56. The topological polar surface area (TPSA) is 38.8 Å². The summed E-state index contributed by atoms with van der Waals surface area (Å²) in [5.41, 5.74) is 1.08. The van der Waals surface area contributed by atoms with Crippen LogP contribution in [0, 0.1) is 5.92 Å². The van der Waals surface area contributed by atoms with E-state index in [0.29, 0.717) is 12.5 Å². The average Bonchev–Trinajstić information content (AvgIpc) is 3.23. The van der Waals surface area contributed by atoms with Crippen LogP contribution in [0.5, 0.6) is 5.75 Å². The Balaban J connectivity index is 1.74. The number of ether oxygens (including phenoxy) is 2. The van der Waals surface area contributed by atoms with Crippen molar-refractivity contribution in [3.05, 3.63) is 29.8 Å². The van der Waals surface area contributed by atoms with Gasteiger partial charge in [-0.3, -0.25) is 4.79 Å². The van der Waals surface area contributed by atoms with Crippen molar-refractivity contribution in [1.29, 1.82) is 0 Å². The first-order valence-corrected chi connectivity index (χ1v) is 6.63. The summed E-state index contributed by atoms with van der Waals surface area (Å²) in [6, 6.07) is 7.73. The highest BCUT2D eigenvalue weighted by Crippen LogP contribution is 2.28. The summed E-state index contributed by atoms with van der Waals surface area (Å²) in [7, 11) is 3.44. The normalized spacial score (nSPS) is 14.2. The van der Waals surface area contributed by atoms with Crippen LogP contribution in [0.3, 0.4) is 0 Å². The van der Waals surface area contributed by atoms with Gasteiger partial charge < -0.3 is 14.4 Å². The van der Waals surface area contributed by atoms with Gasteiger partial charge in [-0.1, -0.05) is 12.1 Å². The molecule has 2 rings (SSSR count). The van der Waals surface area contributed by atoms with Crippen molar-refractivity contribution >= 4 is 5.91 Å². The molecule has 0 N–H and O–H groups in total. The number of amides is 1. The number of rotatable bonds is 7. The number of hydrogen-bond acceptors (Lipinski definition) is 3. The van der Waals surface area contributed by atoms with Gasteiger partial charge in [0.1, 0.15) is 12.4 Å². The van der Waals surface area contributed by atoms with E-state index in [1.807, 2.05) is 24.3 Å². The fraction of sp³-hybridized carbons (Fsp3) is 0.533.